The van der Waals surface area contributed by atoms with Gasteiger partial charge in [0.15, 0.2) is 12.7 Å². The van der Waals surface area contributed by atoms with Crippen LogP contribution in [0.5, 0.6) is 5.75 Å². The fourth-order valence-corrected chi connectivity index (χ4v) is 2.10. The van der Waals surface area contributed by atoms with Crippen molar-refractivity contribution in [2.45, 2.75) is 25.9 Å². The number of rotatable bonds is 5. The maximum Gasteiger partial charge on any atom is 0.347 e. The molecular formula is C16H16N2O5. The number of ether oxygens (including phenoxy) is 2. The summed E-state index contributed by atoms with van der Waals surface area (Å²) >= 11 is 0. The van der Waals surface area contributed by atoms with E-state index in [2.05, 4.69) is 0 Å². The number of hydrogen-bond donors (Lipinski definition) is 0. The van der Waals surface area contributed by atoms with Crippen LogP contribution in [0.2, 0.25) is 0 Å². The van der Waals surface area contributed by atoms with Gasteiger partial charge in [-0.25, -0.2) is 4.79 Å². The lowest BCUT2D eigenvalue weighted by Gasteiger charge is -2.16. The van der Waals surface area contributed by atoms with Gasteiger partial charge in [-0.1, -0.05) is 0 Å². The van der Waals surface area contributed by atoms with Gasteiger partial charge in [0, 0.05) is 13.0 Å². The van der Waals surface area contributed by atoms with Crippen molar-refractivity contribution in [3.8, 4) is 11.8 Å². The molecule has 1 atom stereocenters. The number of nitrogens with zero attached hydrogens (tertiary/aromatic N) is 2. The molecule has 1 saturated heterocycles. The van der Waals surface area contributed by atoms with Gasteiger partial charge in [-0.3, -0.25) is 14.5 Å². The Kier molecular flexibility index (Phi) is 5.31. The minimum atomic E-state index is -0.912. The standard InChI is InChI=1S/C16H16N2O5/c1-11(23-13-6-4-12(9-17)5-7-13)16(21)22-10-15(20)18-8-2-3-14(18)19/h4-7,11H,2-3,8,10H2,1H3/t11-/m0/s1. The van der Waals surface area contributed by atoms with Crippen molar-refractivity contribution in [3.05, 3.63) is 29.8 Å². The van der Waals surface area contributed by atoms with E-state index in [0.29, 0.717) is 30.7 Å². The van der Waals surface area contributed by atoms with Crippen molar-refractivity contribution in [2.24, 2.45) is 0 Å². The highest BCUT2D eigenvalue weighted by Gasteiger charge is 2.27. The van der Waals surface area contributed by atoms with Crippen LogP contribution >= 0.6 is 0 Å². The smallest absolute Gasteiger partial charge is 0.347 e. The van der Waals surface area contributed by atoms with E-state index in [4.69, 9.17) is 14.7 Å². The third kappa shape index (κ3) is 4.30. The normalized spacial score (nSPS) is 15.0. The summed E-state index contributed by atoms with van der Waals surface area (Å²) in [5.74, 6) is -1.05. The minimum absolute atomic E-state index is 0.243. The molecule has 0 aromatic heterocycles. The number of amides is 2. The zero-order chi connectivity index (χ0) is 16.8. The zero-order valence-electron chi connectivity index (χ0n) is 12.7. The summed E-state index contributed by atoms with van der Waals surface area (Å²) in [4.78, 5) is 36.1. The van der Waals surface area contributed by atoms with Gasteiger partial charge in [-0.05, 0) is 37.6 Å². The molecule has 23 heavy (non-hydrogen) atoms. The summed E-state index contributed by atoms with van der Waals surface area (Å²) in [6, 6.07) is 8.24. The molecule has 1 heterocycles. The molecule has 0 aliphatic carbocycles. The van der Waals surface area contributed by atoms with Crippen LogP contribution in [0.3, 0.4) is 0 Å². The molecule has 7 nitrogen and oxygen atoms in total. The lowest BCUT2D eigenvalue weighted by molar-refractivity contribution is -0.159. The first-order chi connectivity index (χ1) is 11.0. The van der Waals surface area contributed by atoms with Crippen LogP contribution in [-0.4, -0.2) is 41.9 Å². The second kappa shape index (κ2) is 7.40. The Morgan fingerprint density at radius 3 is 2.61 bits per heavy atom. The Bertz CT molecular complexity index is 647. The quantitative estimate of drug-likeness (QED) is 0.752. The second-order valence-electron chi connectivity index (χ2n) is 5.05. The first-order valence-corrected chi connectivity index (χ1v) is 7.18. The molecule has 1 aliphatic heterocycles. The molecule has 2 amide bonds. The van der Waals surface area contributed by atoms with E-state index in [9.17, 15) is 14.4 Å². The van der Waals surface area contributed by atoms with E-state index in [1.165, 1.54) is 6.92 Å². The van der Waals surface area contributed by atoms with Crippen LogP contribution in [0.25, 0.3) is 0 Å². The summed E-state index contributed by atoms with van der Waals surface area (Å²) in [5.41, 5.74) is 0.480. The monoisotopic (exact) mass is 316 g/mol. The summed E-state index contributed by atoms with van der Waals surface area (Å²) < 4.78 is 10.3. The first kappa shape index (κ1) is 16.5. The van der Waals surface area contributed by atoms with Gasteiger partial charge in [-0.2, -0.15) is 5.26 Å². The molecule has 7 heteroatoms. The molecule has 0 N–H and O–H groups in total. The SMILES string of the molecule is C[C@H](Oc1ccc(C#N)cc1)C(=O)OCC(=O)N1CCCC1=O. The van der Waals surface area contributed by atoms with Crippen molar-refractivity contribution >= 4 is 17.8 Å². The van der Waals surface area contributed by atoms with Gasteiger partial charge < -0.3 is 9.47 Å². The number of carbonyl (C=O) groups is 3. The maximum absolute atomic E-state index is 11.8. The number of carbonyl (C=O) groups excluding carboxylic acids is 3. The Hall–Kier alpha value is -2.88. The lowest BCUT2D eigenvalue weighted by atomic mass is 10.2. The van der Waals surface area contributed by atoms with Crippen molar-refractivity contribution in [1.29, 1.82) is 5.26 Å². The van der Waals surface area contributed by atoms with Crippen LogP contribution < -0.4 is 4.74 Å². The molecular weight excluding hydrogens is 300 g/mol. The molecule has 1 aromatic rings. The van der Waals surface area contributed by atoms with Crippen LogP contribution in [-0.2, 0) is 19.1 Å². The lowest BCUT2D eigenvalue weighted by Crippen LogP contribution is -2.37. The van der Waals surface area contributed by atoms with Crippen LogP contribution in [0.15, 0.2) is 24.3 Å². The minimum Gasteiger partial charge on any atom is -0.479 e. The summed E-state index contributed by atoms with van der Waals surface area (Å²) in [6.45, 7) is 1.38. The zero-order valence-corrected chi connectivity index (χ0v) is 12.7. The molecule has 1 aliphatic rings. The summed E-state index contributed by atoms with van der Waals surface area (Å²) in [6.07, 6.45) is 0.0687. The molecule has 0 saturated carbocycles. The van der Waals surface area contributed by atoms with Gasteiger partial charge in [0.1, 0.15) is 5.75 Å². The Balaban J connectivity index is 1.81. The Morgan fingerprint density at radius 1 is 1.35 bits per heavy atom. The average Bonchev–Trinajstić information content (AvgIpc) is 2.99. The highest BCUT2D eigenvalue weighted by Crippen LogP contribution is 2.14. The molecule has 0 unspecified atom stereocenters. The largest absolute Gasteiger partial charge is 0.479 e. The molecule has 2 rings (SSSR count). The van der Waals surface area contributed by atoms with Crippen molar-refractivity contribution in [2.75, 3.05) is 13.2 Å². The third-order valence-electron chi connectivity index (χ3n) is 3.34. The number of hydrogen-bond acceptors (Lipinski definition) is 6. The van der Waals surface area contributed by atoms with Gasteiger partial charge in [0.05, 0.1) is 11.6 Å². The fraction of sp³-hybridized carbons (Fsp3) is 0.375. The Morgan fingerprint density at radius 2 is 2.04 bits per heavy atom. The van der Waals surface area contributed by atoms with Crippen molar-refractivity contribution in [3.63, 3.8) is 0 Å². The highest BCUT2D eigenvalue weighted by molar-refractivity contribution is 5.97. The third-order valence-corrected chi connectivity index (χ3v) is 3.34. The van der Waals surface area contributed by atoms with Crippen molar-refractivity contribution in [1.82, 2.24) is 4.90 Å². The number of likely N-dealkylation sites (tertiary alicyclic amines) is 1. The van der Waals surface area contributed by atoms with E-state index in [-0.39, 0.29) is 5.91 Å². The van der Waals surface area contributed by atoms with E-state index in [0.717, 1.165) is 4.90 Å². The molecule has 0 radical (unpaired) electrons. The molecule has 1 fully saturated rings. The van der Waals surface area contributed by atoms with Crippen molar-refractivity contribution < 1.29 is 23.9 Å². The topological polar surface area (TPSA) is 96.7 Å². The van der Waals surface area contributed by atoms with E-state index >= 15 is 0 Å². The number of benzene rings is 1. The van der Waals surface area contributed by atoms with E-state index in [1.54, 1.807) is 24.3 Å². The number of imide groups is 1. The summed E-state index contributed by atoms with van der Waals surface area (Å²) in [5, 5.41) is 8.70. The predicted molar refractivity (Wildman–Crippen MR) is 78.2 cm³/mol. The number of esters is 1. The fourth-order valence-electron chi connectivity index (χ4n) is 2.10. The molecule has 120 valence electrons. The molecule has 0 bridgehead atoms. The Labute approximate surface area is 133 Å². The van der Waals surface area contributed by atoms with Crippen LogP contribution in [0.4, 0.5) is 0 Å². The predicted octanol–water partition coefficient (Wildman–Crippen LogP) is 1.02. The van der Waals surface area contributed by atoms with E-state index in [1.807, 2.05) is 6.07 Å². The van der Waals surface area contributed by atoms with Crippen LogP contribution in [0.1, 0.15) is 25.3 Å². The summed E-state index contributed by atoms with van der Waals surface area (Å²) in [7, 11) is 0. The first-order valence-electron chi connectivity index (χ1n) is 7.18. The highest BCUT2D eigenvalue weighted by atomic mass is 16.6. The average molecular weight is 316 g/mol. The molecule has 0 spiro atoms. The van der Waals surface area contributed by atoms with E-state index < -0.39 is 24.6 Å². The van der Waals surface area contributed by atoms with Gasteiger partial charge in [0.25, 0.3) is 5.91 Å². The molecule has 1 aromatic carbocycles. The van der Waals surface area contributed by atoms with Gasteiger partial charge in [0.2, 0.25) is 5.91 Å². The van der Waals surface area contributed by atoms with Crippen LogP contribution in [0, 0.1) is 11.3 Å². The second-order valence-corrected chi connectivity index (χ2v) is 5.05. The van der Waals surface area contributed by atoms with Gasteiger partial charge in [-0.15, -0.1) is 0 Å². The number of nitriles is 1. The van der Waals surface area contributed by atoms with Gasteiger partial charge >= 0.3 is 5.97 Å². The maximum atomic E-state index is 11.8.